The van der Waals surface area contributed by atoms with E-state index in [4.69, 9.17) is 16.3 Å². The molecular weight excluding hydrogens is 433 g/mol. The number of benzene rings is 1. The van der Waals surface area contributed by atoms with Crippen LogP contribution in [0.1, 0.15) is 5.56 Å². The summed E-state index contributed by atoms with van der Waals surface area (Å²) in [5, 5.41) is 8.21. The zero-order valence-corrected chi connectivity index (χ0v) is 14.6. The Labute approximate surface area is 150 Å². The number of imide groups is 1. The van der Waals surface area contributed by atoms with Gasteiger partial charge in [0.1, 0.15) is 5.75 Å². The zero-order chi connectivity index (χ0) is 17.0. The Morgan fingerprint density at radius 3 is 2.83 bits per heavy atom. The van der Waals surface area contributed by atoms with Gasteiger partial charge in [-0.3, -0.25) is 14.5 Å². The molecule has 0 bridgehead atoms. The number of ether oxygens (including phenoxy) is 1. The van der Waals surface area contributed by atoms with Crippen molar-refractivity contribution in [1.29, 1.82) is 0 Å². The summed E-state index contributed by atoms with van der Waals surface area (Å²) < 4.78 is 5.82. The number of aliphatic carboxylic acids is 1. The predicted octanol–water partition coefficient (Wildman–Crippen LogP) is 2.42. The molecular formula is C15H10INO5S. The largest absolute Gasteiger partial charge is 0.481 e. The van der Waals surface area contributed by atoms with Gasteiger partial charge in [-0.05, 0) is 58.1 Å². The van der Waals surface area contributed by atoms with E-state index in [2.05, 4.69) is 5.92 Å². The van der Waals surface area contributed by atoms with E-state index in [-0.39, 0.29) is 6.54 Å². The Morgan fingerprint density at radius 1 is 1.48 bits per heavy atom. The van der Waals surface area contributed by atoms with E-state index in [0.717, 1.165) is 16.7 Å². The van der Waals surface area contributed by atoms with Crippen molar-refractivity contribution in [1.82, 2.24) is 4.90 Å². The first-order valence-corrected chi connectivity index (χ1v) is 8.15. The maximum absolute atomic E-state index is 12.1. The van der Waals surface area contributed by atoms with Gasteiger partial charge in [0.05, 0.1) is 15.0 Å². The smallest absolute Gasteiger partial charge is 0.341 e. The number of hydrogen-bond donors (Lipinski definition) is 1. The van der Waals surface area contributed by atoms with E-state index in [1.54, 1.807) is 24.3 Å². The quantitative estimate of drug-likeness (QED) is 0.428. The number of nitrogens with zero attached hydrogens (tertiary/aromatic N) is 1. The van der Waals surface area contributed by atoms with Crippen LogP contribution in [-0.4, -0.2) is 40.3 Å². The fourth-order valence-corrected chi connectivity index (χ4v) is 3.28. The van der Waals surface area contributed by atoms with Crippen molar-refractivity contribution in [2.24, 2.45) is 0 Å². The molecule has 1 fully saturated rings. The third kappa shape index (κ3) is 4.27. The maximum atomic E-state index is 12.1. The molecule has 1 N–H and O–H groups in total. The maximum Gasteiger partial charge on any atom is 0.341 e. The summed E-state index contributed by atoms with van der Waals surface area (Å²) >= 11 is 2.84. The number of rotatable bonds is 5. The third-order valence-electron chi connectivity index (χ3n) is 2.73. The number of terminal acetylenes is 1. The van der Waals surface area contributed by atoms with E-state index in [0.29, 0.717) is 19.8 Å². The number of thioether (sulfide) groups is 1. The van der Waals surface area contributed by atoms with Crippen LogP contribution in [0, 0.1) is 15.9 Å². The Bertz CT molecular complexity index is 753. The summed E-state index contributed by atoms with van der Waals surface area (Å²) in [5.41, 5.74) is 0.697. The summed E-state index contributed by atoms with van der Waals surface area (Å²) in [6, 6.07) is 5.02. The highest BCUT2D eigenvalue weighted by atomic mass is 127. The van der Waals surface area contributed by atoms with Gasteiger partial charge >= 0.3 is 5.97 Å². The lowest BCUT2D eigenvalue weighted by Crippen LogP contribution is -2.28. The van der Waals surface area contributed by atoms with Crippen LogP contribution in [0.2, 0.25) is 0 Å². The molecule has 0 aromatic heterocycles. The van der Waals surface area contributed by atoms with Crippen LogP contribution >= 0.6 is 34.4 Å². The van der Waals surface area contributed by atoms with Crippen LogP contribution in [0.4, 0.5) is 4.79 Å². The van der Waals surface area contributed by atoms with Crippen LogP contribution in [0.3, 0.4) is 0 Å². The predicted molar refractivity (Wildman–Crippen MR) is 93.8 cm³/mol. The van der Waals surface area contributed by atoms with Crippen molar-refractivity contribution in [3.8, 4) is 18.1 Å². The molecule has 2 amide bonds. The number of amides is 2. The summed E-state index contributed by atoms with van der Waals surface area (Å²) in [7, 11) is 0. The van der Waals surface area contributed by atoms with Crippen molar-refractivity contribution in [3.05, 3.63) is 32.2 Å². The summed E-state index contributed by atoms with van der Waals surface area (Å²) in [6.45, 7) is -0.484. The highest BCUT2D eigenvalue weighted by molar-refractivity contribution is 14.1. The molecule has 2 rings (SSSR count). The lowest BCUT2D eigenvalue weighted by molar-refractivity contribution is -0.139. The van der Waals surface area contributed by atoms with Gasteiger partial charge < -0.3 is 9.84 Å². The molecule has 0 unspecified atom stereocenters. The number of halogens is 1. The van der Waals surface area contributed by atoms with Crippen molar-refractivity contribution in [2.45, 2.75) is 0 Å². The molecule has 0 radical (unpaired) electrons. The number of carbonyl (C=O) groups is 3. The molecule has 8 heteroatoms. The highest BCUT2D eigenvalue weighted by Crippen LogP contribution is 2.32. The average Bonchev–Trinajstić information content (AvgIpc) is 2.74. The van der Waals surface area contributed by atoms with Crippen LogP contribution in [0.5, 0.6) is 5.75 Å². The molecule has 1 aliphatic rings. The minimum absolute atomic E-state index is 0.0541. The van der Waals surface area contributed by atoms with Crippen molar-refractivity contribution < 1.29 is 24.2 Å². The Balaban J connectivity index is 2.19. The molecule has 6 nitrogen and oxygen atoms in total. The first kappa shape index (κ1) is 17.4. The number of carboxylic acids is 1. The van der Waals surface area contributed by atoms with Crippen LogP contribution in [0.25, 0.3) is 6.08 Å². The van der Waals surface area contributed by atoms with Crippen LogP contribution in [0.15, 0.2) is 23.1 Å². The molecule has 23 heavy (non-hydrogen) atoms. The summed E-state index contributed by atoms with van der Waals surface area (Å²) in [6.07, 6.45) is 6.72. The van der Waals surface area contributed by atoms with E-state index in [1.807, 2.05) is 22.6 Å². The number of carboxylic acid groups (broad SMARTS) is 1. The fraction of sp³-hybridized carbons (Fsp3) is 0.133. The average molecular weight is 443 g/mol. The fourth-order valence-electron chi connectivity index (χ4n) is 1.74. The van der Waals surface area contributed by atoms with Crippen LogP contribution < -0.4 is 4.74 Å². The molecule has 0 saturated carbocycles. The molecule has 1 aliphatic heterocycles. The summed E-state index contributed by atoms with van der Waals surface area (Å²) in [4.78, 5) is 35.6. The summed E-state index contributed by atoms with van der Waals surface area (Å²) in [5.74, 6) is 1.23. The van der Waals surface area contributed by atoms with Gasteiger partial charge in [-0.1, -0.05) is 12.0 Å². The van der Waals surface area contributed by atoms with E-state index < -0.39 is 23.7 Å². The number of carbonyl (C=O) groups excluding carboxylic acids is 2. The Kier molecular flexibility index (Phi) is 5.68. The molecule has 1 aromatic rings. The second-order valence-corrected chi connectivity index (χ2v) is 6.50. The lowest BCUT2D eigenvalue weighted by atomic mass is 10.2. The van der Waals surface area contributed by atoms with Crippen molar-refractivity contribution in [2.75, 3.05) is 13.2 Å². The Hall–Kier alpha value is -1.99. The minimum atomic E-state index is -1.06. The second-order valence-electron chi connectivity index (χ2n) is 4.34. The molecule has 1 heterocycles. The van der Waals surface area contributed by atoms with Crippen molar-refractivity contribution >= 4 is 57.5 Å². The van der Waals surface area contributed by atoms with Gasteiger partial charge in [-0.25, -0.2) is 4.79 Å². The monoisotopic (exact) mass is 443 g/mol. The third-order valence-corrected chi connectivity index (χ3v) is 4.48. The number of hydrogen-bond acceptors (Lipinski definition) is 5. The Morgan fingerprint density at radius 2 is 2.22 bits per heavy atom. The normalized spacial score (nSPS) is 15.8. The van der Waals surface area contributed by atoms with Crippen molar-refractivity contribution in [3.63, 3.8) is 0 Å². The molecule has 0 spiro atoms. The SMILES string of the molecule is C#CCN1C(=O)S/C(=C\c2ccc(OCC(=O)O)c(I)c2)C1=O. The standard InChI is InChI=1S/C15H10INO5S/c1-2-5-17-14(20)12(23-15(17)21)7-9-3-4-11(10(16)6-9)22-8-13(18)19/h1,3-4,6-7H,5,8H2,(H,18,19)/b12-7-. The minimum Gasteiger partial charge on any atom is -0.481 e. The van der Waals surface area contributed by atoms with Crippen LogP contribution in [-0.2, 0) is 9.59 Å². The first-order chi connectivity index (χ1) is 10.9. The van der Waals surface area contributed by atoms with Gasteiger partial charge in [-0.15, -0.1) is 6.42 Å². The lowest BCUT2D eigenvalue weighted by Gasteiger charge is -2.07. The molecule has 1 aromatic carbocycles. The van der Waals surface area contributed by atoms with E-state index >= 15 is 0 Å². The van der Waals surface area contributed by atoms with Gasteiger partial charge in [0, 0.05) is 0 Å². The molecule has 1 saturated heterocycles. The molecule has 118 valence electrons. The van der Waals surface area contributed by atoms with E-state index in [9.17, 15) is 14.4 Å². The zero-order valence-electron chi connectivity index (χ0n) is 11.6. The molecule has 0 atom stereocenters. The van der Waals surface area contributed by atoms with Gasteiger partial charge in [0.2, 0.25) is 0 Å². The van der Waals surface area contributed by atoms with E-state index in [1.165, 1.54) is 0 Å². The van der Waals surface area contributed by atoms with Gasteiger partial charge in [0.25, 0.3) is 11.1 Å². The second kappa shape index (κ2) is 7.52. The molecule has 0 aliphatic carbocycles. The van der Waals surface area contributed by atoms with Gasteiger partial charge in [-0.2, -0.15) is 0 Å². The first-order valence-electron chi connectivity index (χ1n) is 6.25. The topological polar surface area (TPSA) is 83.9 Å². The van der Waals surface area contributed by atoms with Gasteiger partial charge in [0.15, 0.2) is 6.61 Å². The highest BCUT2D eigenvalue weighted by Gasteiger charge is 2.34.